The van der Waals surface area contributed by atoms with Crippen molar-refractivity contribution in [3.8, 4) is 0 Å². The lowest BCUT2D eigenvalue weighted by molar-refractivity contribution is -0.136. The summed E-state index contributed by atoms with van der Waals surface area (Å²) in [5, 5.41) is 9.56. The lowest BCUT2D eigenvalue weighted by Crippen LogP contribution is -2.60. The van der Waals surface area contributed by atoms with Gasteiger partial charge in [0.05, 0.1) is 17.8 Å². The number of hydrogen-bond donors (Lipinski definition) is 2. The number of aliphatic hydroxyl groups excluding tert-OH is 1. The van der Waals surface area contributed by atoms with Crippen LogP contribution >= 0.6 is 23.2 Å². The highest BCUT2D eigenvalue weighted by Gasteiger charge is 2.77. The van der Waals surface area contributed by atoms with Gasteiger partial charge in [-0.1, -0.05) is 11.6 Å². The normalized spacial score (nSPS) is 31.8. The standard InChI is InChI=1S/C26H16Cl2F5N3O7/c27-25-5-10-8(2-3-9-12(10)21(39)36(20(9)38)24(34)42)13(11-4-1-7(6-37)43-11)26(25,28)23(41)35(22(25)40)19-17(32)15(30)14(29)16(31)18(19)33/h1-2,4,9-10,12-13,37H,3,5-6H2,(H2,34,42)/t9-,10+,12-,13+,25+,26-/m0/s1. The molecule has 6 atom stereocenters. The highest BCUT2D eigenvalue weighted by molar-refractivity contribution is 6.58. The van der Waals surface area contributed by atoms with Crippen molar-refractivity contribution in [2.75, 3.05) is 4.90 Å². The number of hydrogen-bond acceptors (Lipinski definition) is 7. The summed E-state index contributed by atoms with van der Waals surface area (Å²) in [6, 6.07) is 1.14. The van der Waals surface area contributed by atoms with Crippen LogP contribution in [-0.2, 0) is 25.8 Å². The number of benzene rings is 1. The molecule has 10 nitrogen and oxygen atoms in total. The number of aliphatic hydroxyl groups is 1. The molecule has 4 aliphatic rings. The van der Waals surface area contributed by atoms with Crippen molar-refractivity contribution in [2.24, 2.45) is 23.5 Å². The second-order valence-electron chi connectivity index (χ2n) is 10.5. The molecule has 0 bridgehead atoms. The van der Waals surface area contributed by atoms with Gasteiger partial charge in [0.25, 0.3) is 11.8 Å². The summed E-state index contributed by atoms with van der Waals surface area (Å²) in [5.41, 5.74) is 3.42. The number of alkyl halides is 2. The first kappa shape index (κ1) is 29.3. The predicted octanol–water partition coefficient (Wildman–Crippen LogP) is 3.11. The van der Waals surface area contributed by atoms with Gasteiger partial charge < -0.3 is 15.3 Å². The van der Waals surface area contributed by atoms with Crippen LogP contribution in [0.5, 0.6) is 0 Å². The number of likely N-dealkylation sites (tertiary alicyclic amines) is 1. The molecule has 1 aromatic carbocycles. The molecule has 2 saturated heterocycles. The zero-order chi connectivity index (χ0) is 31.5. The largest absolute Gasteiger partial charge is 0.463 e. The van der Waals surface area contributed by atoms with Crippen LogP contribution < -0.4 is 10.6 Å². The molecular weight excluding hydrogens is 632 g/mol. The van der Waals surface area contributed by atoms with Gasteiger partial charge in [0.15, 0.2) is 33.0 Å². The van der Waals surface area contributed by atoms with Crippen LogP contribution in [0, 0.1) is 46.8 Å². The van der Waals surface area contributed by atoms with Crippen molar-refractivity contribution in [1.29, 1.82) is 0 Å². The van der Waals surface area contributed by atoms with Gasteiger partial charge in [-0.3, -0.25) is 19.2 Å². The average molecular weight is 648 g/mol. The number of carbonyl (C=O) groups excluding carboxylic acids is 5. The second kappa shape index (κ2) is 9.34. The highest BCUT2D eigenvalue weighted by atomic mass is 35.5. The fraction of sp³-hybridized carbons (Fsp3) is 0.346. The van der Waals surface area contributed by atoms with Gasteiger partial charge in [0.1, 0.15) is 23.8 Å². The summed E-state index contributed by atoms with van der Waals surface area (Å²) in [7, 11) is 0. The van der Waals surface area contributed by atoms with Crippen LogP contribution in [0.1, 0.15) is 30.3 Å². The number of nitrogens with two attached hydrogens (primary N) is 1. The summed E-state index contributed by atoms with van der Waals surface area (Å²) in [5.74, 6) is -23.5. The zero-order valence-electron chi connectivity index (χ0n) is 21.2. The number of rotatable bonds is 3. The van der Waals surface area contributed by atoms with Crippen molar-refractivity contribution < 1.29 is 55.4 Å². The van der Waals surface area contributed by atoms with Gasteiger partial charge >= 0.3 is 6.03 Å². The van der Waals surface area contributed by atoms with Crippen LogP contribution in [0.3, 0.4) is 0 Å². The van der Waals surface area contributed by atoms with E-state index < -0.39 is 111 Å². The Balaban J connectivity index is 1.59. The molecule has 0 spiro atoms. The first-order valence-electron chi connectivity index (χ1n) is 12.5. The number of imide groups is 4. The molecule has 0 unspecified atom stereocenters. The molecule has 226 valence electrons. The van der Waals surface area contributed by atoms with Gasteiger partial charge in [-0.15, -0.1) is 23.2 Å². The Kier molecular flexibility index (Phi) is 6.35. The number of allylic oxidation sites excluding steroid dienone is 2. The fourth-order valence-corrected chi connectivity index (χ4v) is 7.65. The molecular formula is C26H16Cl2F5N3O7. The van der Waals surface area contributed by atoms with Crippen molar-refractivity contribution in [3.63, 3.8) is 0 Å². The van der Waals surface area contributed by atoms with Gasteiger partial charge in [0, 0.05) is 0 Å². The number of furan rings is 1. The van der Waals surface area contributed by atoms with Crippen LogP contribution in [0.2, 0.25) is 0 Å². The fourth-order valence-electron chi connectivity index (χ4n) is 6.73. The van der Waals surface area contributed by atoms with E-state index in [1.54, 1.807) is 0 Å². The van der Waals surface area contributed by atoms with Crippen molar-refractivity contribution in [1.82, 2.24) is 4.90 Å². The lowest BCUT2D eigenvalue weighted by Gasteiger charge is -2.49. The van der Waals surface area contributed by atoms with Crippen LogP contribution in [0.15, 0.2) is 28.2 Å². The Hall–Kier alpha value is -3.82. The number of fused-ring (bicyclic) bond motifs is 4. The summed E-state index contributed by atoms with van der Waals surface area (Å²) in [4.78, 5) is 60.5. The first-order valence-corrected chi connectivity index (χ1v) is 13.2. The summed E-state index contributed by atoms with van der Waals surface area (Å²) < 4.78 is 77.7. The Bertz CT molecular complexity index is 1700. The Labute approximate surface area is 246 Å². The molecule has 6 rings (SSSR count). The van der Waals surface area contributed by atoms with E-state index in [0.717, 1.165) is 0 Å². The summed E-state index contributed by atoms with van der Waals surface area (Å²) in [6.07, 6.45) is 0.477. The van der Waals surface area contributed by atoms with E-state index in [0.29, 0.717) is 0 Å². The lowest BCUT2D eigenvalue weighted by atomic mass is 9.57. The molecule has 2 aliphatic heterocycles. The molecule has 3 N–H and O–H groups in total. The Morgan fingerprint density at radius 1 is 0.953 bits per heavy atom. The molecule has 1 aromatic heterocycles. The van der Waals surface area contributed by atoms with E-state index in [1.807, 2.05) is 0 Å². The minimum atomic E-state index is -2.76. The van der Waals surface area contributed by atoms with E-state index in [2.05, 4.69) is 0 Å². The molecule has 1 saturated carbocycles. The SMILES string of the molecule is NC(=O)N1C(=O)[C@H]2[C@H](CC=C3[C@H]2C[C@@]2(Cl)C(=O)N(c4c(F)c(F)c(F)c(F)c4F)C(=O)[C@@]2(Cl)[C@H]3c2ccc(CO)o2)C1=O. The van der Waals surface area contributed by atoms with Crippen molar-refractivity contribution in [3.05, 3.63) is 64.4 Å². The van der Waals surface area contributed by atoms with E-state index in [4.69, 9.17) is 33.4 Å². The van der Waals surface area contributed by atoms with Gasteiger partial charge in [-0.05, 0) is 30.9 Å². The van der Waals surface area contributed by atoms with Crippen molar-refractivity contribution in [2.45, 2.75) is 35.1 Å². The minimum Gasteiger partial charge on any atom is -0.463 e. The number of anilines is 1. The first-order chi connectivity index (χ1) is 20.1. The smallest absolute Gasteiger partial charge is 0.328 e. The molecule has 3 heterocycles. The van der Waals surface area contributed by atoms with Gasteiger partial charge in [-0.25, -0.2) is 31.6 Å². The molecule has 2 aromatic rings. The van der Waals surface area contributed by atoms with Crippen molar-refractivity contribution >= 4 is 58.5 Å². The zero-order valence-corrected chi connectivity index (χ0v) is 22.7. The number of amides is 6. The Morgan fingerprint density at radius 2 is 1.56 bits per heavy atom. The van der Waals surface area contributed by atoms with E-state index in [-0.39, 0.29) is 33.3 Å². The third kappa shape index (κ3) is 3.46. The number of halogens is 7. The molecule has 17 heteroatoms. The van der Waals surface area contributed by atoms with Gasteiger partial charge in [-0.2, -0.15) is 4.90 Å². The number of urea groups is 1. The number of nitrogens with zero attached hydrogens (tertiary/aromatic N) is 2. The molecule has 2 aliphatic carbocycles. The quantitative estimate of drug-likeness (QED) is 0.130. The second-order valence-corrected chi connectivity index (χ2v) is 11.7. The molecule has 3 fully saturated rings. The number of primary amides is 1. The molecule has 43 heavy (non-hydrogen) atoms. The third-order valence-electron chi connectivity index (χ3n) is 8.56. The van der Waals surface area contributed by atoms with Crippen LogP contribution in [0.4, 0.5) is 32.4 Å². The minimum absolute atomic E-state index is 0.0627. The maximum atomic E-state index is 14.9. The Morgan fingerprint density at radius 3 is 2.12 bits per heavy atom. The maximum absolute atomic E-state index is 14.9. The van der Waals surface area contributed by atoms with Crippen LogP contribution in [-0.4, -0.2) is 49.4 Å². The molecule has 6 amide bonds. The predicted molar refractivity (Wildman–Crippen MR) is 132 cm³/mol. The van der Waals surface area contributed by atoms with Gasteiger partial charge in [0.2, 0.25) is 17.6 Å². The van der Waals surface area contributed by atoms with Crippen LogP contribution in [0.25, 0.3) is 0 Å². The number of carbonyl (C=O) groups is 5. The van der Waals surface area contributed by atoms with E-state index in [9.17, 15) is 51.0 Å². The highest BCUT2D eigenvalue weighted by Crippen LogP contribution is 2.66. The topological polar surface area (TPSA) is 151 Å². The monoisotopic (exact) mass is 647 g/mol. The summed E-state index contributed by atoms with van der Waals surface area (Å²) >= 11 is 13.8. The van der Waals surface area contributed by atoms with E-state index in [1.165, 1.54) is 18.2 Å². The average Bonchev–Trinajstić information content (AvgIpc) is 3.58. The summed E-state index contributed by atoms with van der Waals surface area (Å²) in [6.45, 7) is -0.648. The third-order valence-corrected chi connectivity index (χ3v) is 9.98. The maximum Gasteiger partial charge on any atom is 0.328 e. The molecule has 0 radical (unpaired) electrons. The van der Waals surface area contributed by atoms with E-state index >= 15 is 0 Å².